The number of hydrogen-bond acceptors (Lipinski definition) is 7. The van der Waals surface area contributed by atoms with E-state index in [2.05, 4.69) is 0 Å². The third kappa shape index (κ3) is 3.76. The quantitative estimate of drug-likeness (QED) is 0.691. The van der Waals surface area contributed by atoms with Crippen molar-refractivity contribution in [2.45, 2.75) is 45.3 Å². The van der Waals surface area contributed by atoms with Gasteiger partial charge in [-0.2, -0.15) is 0 Å². The van der Waals surface area contributed by atoms with Gasteiger partial charge in [0.15, 0.2) is 11.5 Å². The van der Waals surface area contributed by atoms with E-state index in [-0.39, 0.29) is 29.2 Å². The molecule has 2 amide bonds. The summed E-state index contributed by atoms with van der Waals surface area (Å²) in [4.78, 5) is 41.1. The molecule has 0 unspecified atom stereocenters. The molecule has 164 valence electrons. The van der Waals surface area contributed by atoms with Crippen LogP contribution >= 0.6 is 0 Å². The van der Waals surface area contributed by atoms with Crippen LogP contribution in [-0.4, -0.2) is 68.7 Å². The maximum absolute atomic E-state index is 12.9. The molecule has 0 saturated carbocycles. The molecular formula is C21H28N2O7. The van der Waals surface area contributed by atoms with Gasteiger partial charge in [-0.25, -0.2) is 4.79 Å². The lowest BCUT2D eigenvalue weighted by atomic mass is 10.0. The van der Waals surface area contributed by atoms with Crippen molar-refractivity contribution in [3.8, 4) is 17.2 Å². The van der Waals surface area contributed by atoms with Gasteiger partial charge in [0, 0.05) is 25.2 Å². The predicted molar refractivity (Wildman–Crippen MR) is 109 cm³/mol. The second-order valence-corrected chi connectivity index (χ2v) is 8.24. The van der Waals surface area contributed by atoms with Gasteiger partial charge in [0.2, 0.25) is 5.75 Å². The van der Waals surface area contributed by atoms with Gasteiger partial charge in [-0.1, -0.05) is 0 Å². The number of amides is 2. The summed E-state index contributed by atoms with van der Waals surface area (Å²) in [5.41, 5.74) is 0.0426. The Morgan fingerprint density at radius 3 is 2.10 bits per heavy atom. The van der Waals surface area contributed by atoms with Gasteiger partial charge in [-0.15, -0.1) is 0 Å². The monoisotopic (exact) mass is 420 g/mol. The highest BCUT2D eigenvalue weighted by Crippen LogP contribution is 2.49. The van der Waals surface area contributed by atoms with Crippen LogP contribution < -0.4 is 19.1 Å². The number of benzene rings is 1. The number of piperidine rings is 1. The fourth-order valence-electron chi connectivity index (χ4n) is 3.87. The molecule has 1 aromatic rings. The second kappa shape index (κ2) is 8.04. The van der Waals surface area contributed by atoms with Gasteiger partial charge in [-0.3, -0.25) is 9.59 Å². The minimum atomic E-state index is -0.641. The van der Waals surface area contributed by atoms with Crippen LogP contribution in [0.1, 0.15) is 44.0 Å². The number of likely N-dealkylation sites (tertiary alicyclic amines) is 1. The van der Waals surface area contributed by atoms with E-state index in [0.29, 0.717) is 37.4 Å². The standard InChI is InChI=1S/C21H28N2O7/c1-21(2,3)30-20(26)22-9-7-12(8-10-22)23-13-11-14(27-4)17(28-5)18(29-6)15(13)16(24)19(23)25/h11-12H,7-10H2,1-6H3. The highest BCUT2D eigenvalue weighted by atomic mass is 16.6. The number of ketones is 1. The first-order valence-electron chi connectivity index (χ1n) is 9.81. The molecule has 1 aromatic carbocycles. The summed E-state index contributed by atoms with van der Waals surface area (Å²) in [5, 5.41) is 0. The van der Waals surface area contributed by atoms with Crippen molar-refractivity contribution in [3.63, 3.8) is 0 Å². The first kappa shape index (κ1) is 21.7. The lowest BCUT2D eigenvalue weighted by molar-refractivity contribution is -0.114. The fourth-order valence-corrected chi connectivity index (χ4v) is 3.87. The van der Waals surface area contributed by atoms with E-state index in [4.69, 9.17) is 18.9 Å². The summed E-state index contributed by atoms with van der Waals surface area (Å²) in [5.74, 6) is -0.445. The van der Waals surface area contributed by atoms with Crippen LogP contribution in [-0.2, 0) is 9.53 Å². The van der Waals surface area contributed by atoms with Gasteiger partial charge < -0.3 is 28.7 Å². The Morgan fingerprint density at radius 2 is 1.60 bits per heavy atom. The zero-order valence-electron chi connectivity index (χ0n) is 18.2. The Kier molecular flexibility index (Phi) is 5.83. The maximum atomic E-state index is 12.9. The summed E-state index contributed by atoms with van der Waals surface area (Å²) in [7, 11) is 4.33. The van der Waals surface area contributed by atoms with E-state index in [1.54, 1.807) is 11.0 Å². The molecule has 2 aliphatic rings. The Bertz CT molecular complexity index is 867. The molecule has 0 atom stereocenters. The number of carbonyl (C=O) groups is 3. The SMILES string of the molecule is COc1cc2c(c(OC)c1OC)C(=O)C(=O)N2C1CCN(C(=O)OC(C)(C)C)CC1. The van der Waals surface area contributed by atoms with Crippen LogP contribution in [0.4, 0.5) is 10.5 Å². The van der Waals surface area contributed by atoms with Crippen molar-refractivity contribution in [3.05, 3.63) is 11.6 Å². The summed E-state index contributed by atoms with van der Waals surface area (Å²) in [6.45, 7) is 6.31. The van der Waals surface area contributed by atoms with Crippen molar-refractivity contribution in [2.75, 3.05) is 39.3 Å². The third-order valence-electron chi connectivity index (χ3n) is 5.19. The number of Topliss-reactive ketones (excluding diaryl/α,β-unsaturated/α-hetero) is 1. The van der Waals surface area contributed by atoms with Crippen molar-refractivity contribution in [1.82, 2.24) is 4.90 Å². The van der Waals surface area contributed by atoms with Gasteiger partial charge in [0.25, 0.3) is 11.7 Å². The number of nitrogens with zero attached hydrogens (tertiary/aromatic N) is 2. The molecule has 2 heterocycles. The lowest BCUT2D eigenvalue weighted by Gasteiger charge is -2.37. The first-order valence-corrected chi connectivity index (χ1v) is 9.81. The largest absolute Gasteiger partial charge is 0.493 e. The molecule has 0 radical (unpaired) electrons. The highest BCUT2D eigenvalue weighted by molar-refractivity contribution is 6.53. The Balaban J connectivity index is 1.87. The zero-order valence-corrected chi connectivity index (χ0v) is 18.2. The number of fused-ring (bicyclic) bond motifs is 1. The van der Waals surface area contributed by atoms with E-state index in [1.807, 2.05) is 20.8 Å². The van der Waals surface area contributed by atoms with Gasteiger partial charge in [0.1, 0.15) is 5.60 Å². The molecule has 9 nitrogen and oxygen atoms in total. The first-order chi connectivity index (χ1) is 14.1. The normalized spacial score (nSPS) is 17.1. The van der Waals surface area contributed by atoms with E-state index in [0.717, 1.165) is 0 Å². The molecule has 9 heteroatoms. The topological polar surface area (TPSA) is 94.6 Å². The molecule has 1 fully saturated rings. The number of ether oxygens (including phenoxy) is 4. The number of hydrogen-bond donors (Lipinski definition) is 0. The number of methoxy groups -OCH3 is 3. The minimum Gasteiger partial charge on any atom is -0.493 e. The lowest BCUT2D eigenvalue weighted by Crippen LogP contribution is -2.49. The maximum Gasteiger partial charge on any atom is 0.410 e. The molecular weight excluding hydrogens is 392 g/mol. The van der Waals surface area contributed by atoms with E-state index >= 15 is 0 Å². The third-order valence-corrected chi connectivity index (χ3v) is 5.19. The molecule has 0 N–H and O–H groups in total. The van der Waals surface area contributed by atoms with Crippen molar-refractivity contribution in [2.24, 2.45) is 0 Å². The highest BCUT2D eigenvalue weighted by Gasteiger charge is 2.45. The zero-order chi connectivity index (χ0) is 22.2. The van der Waals surface area contributed by atoms with Crippen LogP contribution in [0.2, 0.25) is 0 Å². The second-order valence-electron chi connectivity index (χ2n) is 8.24. The summed E-state index contributed by atoms with van der Waals surface area (Å²) >= 11 is 0. The molecule has 3 rings (SSSR count). The summed E-state index contributed by atoms with van der Waals surface area (Å²) < 4.78 is 21.5. The van der Waals surface area contributed by atoms with Crippen LogP contribution in [0.15, 0.2) is 6.07 Å². The number of carbonyl (C=O) groups excluding carboxylic acids is 3. The average molecular weight is 420 g/mol. The van der Waals surface area contributed by atoms with E-state index in [9.17, 15) is 14.4 Å². The molecule has 0 aliphatic carbocycles. The molecule has 0 aromatic heterocycles. The molecule has 1 saturated heterocycles. The van der Waals surface area contributed by atoms with Gasteiger partial charge in [-0.05, 0) is 33.6 Å². The number of rotatable bonds is 4. The van der Waals surface area contributed by atoms with Gasteiger partial charge in [0.05, 0.1) is 32.6 Å². The van der Waals surface area contributed by atoms with E-state index < -0.39 is 17.3 Å². The van der Waals surface area contributed by atoms with E-state index in [1.165, 1.54) is 26.2 Å². The Morgan fingerprint density at radius 1 is 1.00 bits per heavy atom. The molecule has 30 heavy (non-hydrogen) atoms. The van der Waals surface area contributed by atoms with Crippen molar-refractivity contribution in [1.29, 1.82) is 0 Å². The van der Waals surface area contributed by atoms with Crippen LogP contribution in [0.25, 0.3) is 0 Å². The van der Waals surface area contributed by atoms with Crippen LogP contribution in [0.3, 0.4) is 0 Å². The molecule has 2 aliphatic heterocycles. The van der Waals surface area contributed by atoms with Crippen molar-refractivity contribution < 1.29 is 33.3 Å². The van der Waals surface area contributed by atoms with Gasteiger partial charge >= 0.3 is 6.09 Å². The summed E-state index contributed by atoms with van der Waals surface area (Å²) in [6, 6.07) is 1.39. The number of anilines is 1. The van der Waals surface area contributed by atoms with Crippen LogP contribution in [0.5, 0.6) is 17.2 Å². The minimum absolute atomic E-state index is 0.176. The summed E-state index contributed by atoms with van der Waals surface area (Å²) in [6.07, 6.45) is 0.668. The average Bonchev–Trinajstić information content (AvgIpc) is 2.95. The molecule has 0 bridgehead atoms. The fraction of sp³-hybridized carbons (Fsp3) is 0.571. The van der Waals surface area contributed by atoms with Crippen LogP contribution in [0, 0.1) is 0 Å². The van der Waals surface area contributed by atoms with Crippen molar-refractivity contribution >= 4 is 23.5 Å². The predicted octanol–water partition coefficient (Wildman–Crippen LogP) is 2.64. The Labute approximate surface area is 175 Å². The molecule has 0 spiro atoms. The smallest absolute Gasteiger partial charge is 0.410 e. The Hall–Kier alpha value is -2.97.